The molecule has 0 fully saturated rings. The van der Waals surface area contributed by atoms with Crippen molar-refractivity contribution in [2.24, 2.45) is 0 Å². The number of hydrogen-bond acceptors (Lipinski definition) is 6. The highest BCUT2D eigenvalue weighted by Gasteiger charge is 2.22. The Kier molecular flexibility index (Phi) is 3.56. The monoisotopic (exact) mass is 275 g/mol. The largest absolute Gasteiger partial charge is 0.497 e. The van der Waals surface area contributed by atoms with Crippen molar-refractivity contribution >= 4 is 0 Å². The summed E-state index contributed by atoms with van der Waals surface area (Å²) in [6, 6.07) is 6.05. The summed E-state index contributed by atoms with van der Waals surface area (Å²) in [6.45, 7) is 3.05. The summed E-state index contributed by atoms with van der Waals surface area (Å²) in [5, 5.41) is 7.21. The highest BCUT2D eigenvalue weighted by Crippen LogP contribution is 2.34. The van der Waals surface area contributed by atoms with Gasteiger partial charge < -0.3 is 19.3 Å². The minimum Gasteiger partial charge on any atom is -0.497 e. The zero-order chi connectivity index (χ0) is 13.9. The minimum absolute atomic E-state index is 0.195. The Morgan fingerprint density at radius 1 is 1.45 bits per heavy atom. The van der Waals surface area contributed by atoms with Crippen molar-refractivity contribution in [1.82, 2.24) is 15.5 Å². The highest BCUT2D eigenvalue weighted by atomic mass is 16.5. The van der Waals surface area contributed by atoms with Crippen LogP contribution in [0.25, 0.3) is 0 Å². The number of methoxy groups -OCH3 is 1. The fourth-order valence-corrected chi connectivity index (χ4v) is 2.33. The van der Waals surface area contributed by atoms with E-state index in [9.17, 15) is 0 Å². The SMILES string of the molecule is COc1ccc2c(c1)C(NCc1nc(C)no1)CCO2. The van der Waals surface area contributed by atoms with Gasteiger partial charge in [-0.1, -0.05) is 5.16 Å². The fraction of sp³-hybridized carbons (Fsp3) is 0.429. The lowest BCUT2D eigenvalue weighted by molar-refractivity contribution is 0.246. The van der Waals surface area contributed by atoms with E-state index in [2.05, 4.69) is 15.5 Å². The molecule has 1 aliphatic rings. The first-order chi connectivity index (χ1) is 9.76. The van der Waals surface area contributed by atoms with E-state index in [1.54, 1.807) is 7.11 Å². The Balaban J connectivity index is 1.75. The second-order valence-electron chi connectivity index (χ2n) is 4.71. The lowest BCUT2D eigenvalue weighted by atomic mass is 10.0. The number of nitrogens with one attached hydrogen (secondary N) is 1. The van der Waals surface area contributed by atoms with Crippen LogP contribution in [-0.4, -0.2) is 23.9 Å². The van der Waals surface area contributed by atoms with Gasteiger partial charge in [0.25, 0.3) is 0 Å². The summed E-state index contributed by atoms with van der Waals surface area (Å²) in [7, 11) is 1.66. The van der Waals surface area contributed by atoms with Gasteiger partial charge in [-0.15, -0.1) is 0 Å². The summed E-state index contributed by atoms with van der Waals surface area (Å²) in [4.78, 5) is 4.19. The van der Waals surface area contributed by atoms with Crippen LogP contribution in [0.1, 0.15) is 29.7 Å². The number of rotatable bonds is 4. The van der Waals surface area contributed by atoms with Crippen LogP contribution in [0.15, 0.2) is 22.7 Å². The summed E-state index contributed by atoms with van der Waals surface area (Å²) >= 11 is 0. The summed E-state index contributed by atoms with van der Waals surface area (Å²) < 4.78 is 16.0. The molecule has 3 rings (SSSR count). The predicted molar refractivity (Wildman–Crippen MR) is 71.7 cm³/mol. The maximum atomic E-state index is 5.66. The average Bonchev–Trinajstić information content (AvgIpc) is 2.90. The molecular weight excluding hydrogens is 258 g/mol. The molecule has 6 heteroatoms. The van der Waals surface area contributed by atoms with E-state index in [4.69, 9.17) is 14.0 Å². The van der Waals surface area contributed by atoms with Gasteiger partial charge in [0.15, 0.2) is 5.82 Å². The lowest BCUT2D eigenvalue weighted by Crippen LogP contribution is -2.26. The van der Waals surface area contributed by atoms with Crippen LogP contribution in [0, 0.1) is 6.92 Å². The second kappa shape index (κ2) is 5.50. The quantitative estimate of drug-likeness (QED) is 0.920. The van der Waals surface area contributed by atoms with Crippen LogP contribution in [0.3, 0.4) is 0 Å². The Labute approximate surface area is 117 Å². The van der Waals surface area contributed by atoms with Crippen molar-refractivity contribution in [2.45, 2.75) is 25.9 Å². The number of nitrogens with zero attached hydrogens (tertiary/aromatic N) is 2. The summed E-state index contributed by atoms with van der Waals surface area (Å²) in [5.74, 6) is 2.97. The molecule has 1 N–H and O–H groups in total. The van der Waals surface area contributed by atoms with Crippen molar-refractivity contribution in [2.75, 3.05) is 13.7 Å². The molecule has 0 saturated heterocycles. The summed E-state index contributed by atoms with van der Waals surface area (Å²) in [6.07, 6.45) is 0.896. The number of aryl methyl sites for hydroxylation is 1. The first-order valence-corrected chi connectivity index (χ1v) is 6.59. The van der Waals surface area contributed by atoms with Crippen LogP contribution in [0.4, 0.5) is 0 Å². The number of benzene rings is 1. The van der Waals surface area contributed by atoms with Crippen LogP contribution < -0.4 is 14.8 Å². The molecule has 0 amide bonds. The average molecular weight is 275 g/mol. The normalized spacial score (nSPS) is 17.4. The van der Waals surface area contributed by atoms with Crippen LogP contribution in [-0.2, 0) is 6.54 Å². The van der Waals surface area contributed by atoms with E-state index in [1.807, 2.05) is 25.1 Å². The molecule has 1 aliphatic heterocycles. The Hall–Kier alpha value is -2.08. The Morgan fingerprint density at radius 2 is 2.35 bits per heavy atom. The highest BCUT2D eigenvalue weighted by molar-refractivity contribution is 5.43. The van der Waals surface area contributed by atoms with Gasteiger partial charge in [-0.05, 0) is 25.1 Å². The van der Waals surface area contributed by atoms with E-state index in [0.29, 0.717) is 24.9 Å². The number of aromatic nitrogens is 2. The molecule has 106 valence electrons. The zero-order valence-corrected chi connectivity index (χ0v) is 11.5. The Morgan fingerprint density at radius 3 is 3.10 bits per heavy atom. The lowest BCUT2D eigenvalue weighted by Gasteiger charge is -2.26. The van der Waals surface area contributed by atoms with E-state index >= 15 is 0 Å². The molecule has 1 aromatic carbocycles. The molecule has 0 bridgehead atoms. The van der Waals surface area contributed by atoms with Crippen LogP contribution in [0.5, 0.6) is 11.5 Å². The third-order valence-corrected chi connectivity index (χ3v) is 3.33. The first kappa shape index (κ1) is 12.9. The maximum Gasteiger partial charge on any atom is 0.240 e. The van der Waals surface area contributed by atoms with Crippen LogP contribution in [0.2, 0.25) is 0 Å². The number of fused-ring (bicyclic) bond motifs is 1. The molecule has 1 aromatic heterocycles. The molecule has 0 saturated carbocycles. The van der Waals surface area contributed by atoms with E-state index in [1.165, 1.54) is 0 Å². The second-order valence-corrected chi connectivity index (χ2v) is 4.71. The third kappa shape index (κ3) is 2.60. The molecule has 6 nitrogen and oxygen atoms in total. The fourth-order valence-electron chi connectivity index (χ4n) is 2.33. The van der Waals surface area contributed by atoms with Gasteiger partial charge in [0.2, 0.25) is 5.89 Å². The molecular formula is C14H17N3O3. The van der Waals surface area contributed by atoms with Gasteiger partial charge >= 0.3 is 0 Å². The first-order valence-electron chi connectivity index (χ1n) is 6.59. The molecule has 1 unspecified atom stereocenters. The standard InChI is InChI=1S/C14H17N3O3/c1-9-16-14(20-17-9)8-15-12-5-6-19-13-4-3-10(18-2)7-11(12)13/h3-4,7,12,15H,5-6,8H2,1-2H3. The van der Waals surface area contributed by atoms with Crippen molar-refractivity contribution in [3.05, 3.63) is 35.5 Å². The third-order valence-electron chi connectivity index (χ3n) is 3.33. The van der Waals surface area contributed by atoms with Gasteiger partial charge in [-0.25, -0.2) is 0 Å². The maximum absolute atomic E-state index is 5.66. The zero-order valence-electron chi connectivity index (χ0n) is 11.5. The molecule has 2 aromatic rings. The molecule has 2 heterocycles. The topological polar surface area (TPSA) is 69.4 Å². The molecule has 0 spiro atoms. The predicted octanol–water partition coefficient (Wildman–Crippen LogP) is 2.00. The van der Waals surface area contributed by atoms with E-state index in [-0.39, 0.29) is 6.04 Å². The van der Waals surface area contributed by atoms with Crippen molar-refractivity contribution in [3.63, 3.8) is 0 Å². The van der Waals surface area contributed by atoms with E-state index in [0.717, 1.165) is 23.5 Å². The van der Waals surface area contributed by atoms with Gasteiger partial charge in [0.1, 0.15) is 11.5 Å². The van der Waals surface area contributed by atoms with Crippen molar-refractivity contribution in [1.29, 1.82) is 0 Å². The van der Waals surface area contributed by atoms with Gasteiger partial charge in [-0.3, -0.25) is 0 Å². The molecule has 0 aliphatic carbocycles. The van der Waals surface area contributed by atoms with Crippen molar-refractivity contribution in [3.8, 4) is 11.5 Å². The summed E-state index contributed by atoms with van der Waals surface area (Å²) in [5.41, 5.74) is 1.10. The van der Waals surface area contributed by atoms with Crippen molar-refractivity contribution < 1.29 is 14.0 Å². The number of ether oxygens (including phenoxy) is 2. The minimum atomic E-state index is 0.195. The smallest absolute Gasteiger partial charge is 0.240 e. The molecule has 1 atom stereocenters. The van der Waals surface area contributed by atoms with Gasteiger partial charge in [0, 0.05) is 18.0 Å². The van der Waals surface area contributed by atoms with Gasteiger partial charge in [-0.2, -0.15) is 4.98 Å². The van der Waals surface area contributed by atoms with E-state index < -0.39 is 0 Å². The number of hydrogen-bond donors (Lipinski definition) is 1. The van der Waals surface area contributed by atoms with Gasteiger partial charge in [0.05, 0.1) is 20.3 Å². The molecule has 0 radical (unpaired) electrons. The molecule has 20 heavy (non-hydrogen) atoms. The van der Waals surface area contributed by atoms with Crippen LogP contribution >= 0.6 is 0 Å². The Bertz CT molecular complexity index is 597.